The maximum absolute atomic E-state index is 6.55. The lowest BCUT2D eigenvalue weighted by Crippen LogP contribution is -2.09. The van der Waals surface area contributed by atoms with Crippen LogP contribution in [0.4, 0.5) is 17.1 Å². The minimum absolute atomic E-state index is 0.611. The summed E-state index contributed by atoms with van der Waals surface area (Å²) in [5.74, 6) is 1.87. The predicted octanol–water partition coefficient (Wildman–Crippen LogP) is 18.3. The Morgan fingerprint density at radius 2 is 0.773 bits per heavy atom. The number of fused-ring (bicyclic) bond motifs is 6. The first-order valence-corrected chi connectivity index (χ1v) is 25.2. The van der Waals surface area contributed by atoms with Crippen LogP contribution in [0.25, 0.3) is 117 Å². The number of furan rings is 1. The molecule has 0 N–H and O–H groups in total. The minimum atomic E-state index is 0.611. The van der Waals surface area contributed by atoms with Gasteiger partial charge in [-0.3, -0.25) is 0 Å². The molecular weight excluding hydrogens is 915 g/mol. The third-order valence-electron chi connectivity index (χ3n) is 14.2. The molecule has 0 fully saturated rings. The molecule has 6 nitrogen and oxygen atoms in total. The molecule has 0 saturated carbocycles. The second-order valence-electron chi connectivity index (χ2n) is 18.8. The number of hydrogen-bond donors (Lipinski definition) is 0. The molecule has 75 heavy (non-hydrogen) atoms. The Balaban J connectivity index is 0.790. The smallest absolute Gasteiger partial charge is 0.164 e. The Morgan fingerprint density at radius 1 is 0.293 bits per heavy atom. The summed E-state index contributed by atoms with van der Waals surface area (Å²) in [6.07, 6.45) is 0. The highest BCUT2D eigenvalue weighted by molar-refractivity contribution is 6.14. The maximum Gasteiger partial charge on any atom is 0.164 e. The highest BCUT2D eigenvalue weighted by Gasteiger charge is 2.19. The average Bonchev–Trinajstić information content (AvgIpc) is 4.04. The lowest BCUT2D eigenvalue weighted by atomic mass is 9.96. The summed E-state index contributed by atoms with van der Waals surface area (Å²) in [5.41, 5.74) is 17.9. The fraction of sp³-hybridized carbons (Fsp3) is 0. The zero-order valence-corrected chi connectivity index (χ0v) is 40.6. The molecule has 0 unspecified atom stereocenters. The Labute approximate surface area is 433 Å². The van der Waals surface area contributed by atoms with Gasteiger partial charge in [-0.1, -0.05) is 182 Å². The minimum Gasteiger partial charge on any atom is -0.456 e. The zero-order chi connectivity index (χ0) is 49.7. The SMILES string of the molecule is c1ccc(-c2nc(-c3ccccc3)nc(-c3cccc(-c4cccc5oc6ccc(-c7ccc(N(c8ccccc8)c8ccc(-c9ccc%10c(c9)c9ccccc9n%10-c9ccccc9)cc8)cc7)cc6c45)c3)n2)cc1. The van der Waals surface area contributed by atoms with Crippen molar-refractivity contribution >= 4 is 60.8 Å². The van der Waals surface area contributed by atoms with Gasteiger partial charge in [-0.05, 0) is 124 Å². The van der Waals surface area contributed by atoms with E-state index in [1.165, 1.54) is 27.4 Å². The van der Waals surface area contributed by atoms with Gasteiger partial charge >= 0.3 is 0 Å². The van der Waals surface area contributed by atoms with Gasteiger partial charge in [0.05, 0.1) is 11.0 Å². The molecule has 0 aliphatic rings. The highest BCUT2D eigenvalue weighted by atomic mass is 16.3. The van der Waals surface area contributed by atoms with E-state index in [-0.39, 0.29) is 0 Å². The molecule has 0 aliphatic heterocycles. The van der Waals surface area contributed by atoms with Crippen molar-refractivity contribution in [1.29, 1.82) is 0 Å². The number of hydrogen-bond acceptors (Lipinski definition) is 5. The number of anilines is 3. The van der Waals surface area contributed by atoms with Crippen LogP contribution >= 0.6 is 0 Å². The van der Waals surface area contributed by atoms with Gasteiger partial charge < -0.3 is 13.9 Å². The van der Waals surface area contributed by atoms with Gasteiger partial charge in [0.2, 0.25) is 0 Å². The number of benzene rings is 11. The van der Waals surface area contributed by atoms with Crippen LogP contribution in [0.15, 0.2) is 277 Å². The van der Waals surface area contributed by atoms with Crippen molar-refractivity contribution in [3.8, 4) is 73.2 Å². The van der Waals surface area contributed by atoms with Gasteiger partial charge in [0.25, 0.3) is 0 Å². The van der Waals surface area contributed by atoms with Crippen LogP contribution in [0.3, 0.4) is 0 Å². The lowest BCUT2D eigenvalue weighted by Gasteiger charge is -2.26. The van der Waals surface area contributed by atoms with Crippen molar-refractivity contribution in [1.82, 2.24) is 19.5 Å². The molecule has 3 aromatic heterocycles. The third kappa shape index (κ3) is 7.98. The molecule has 0 spiro atoms. The van der Waals surface area contributed by atoms with Crippen LogP contribution in [0, 0.1) is 0 Å². The fourth-order valence-corrected chi connectivity index (χ4v) is 10.6. The molecule has 11 aromatic carbocycles. The van der Waals surface area contributed by atoms with Crippen LogP contribution < -0.4 is 4.90 Å². The first-order chi connectivity index (χ1) is 37.2. The molecule has 6 heteroatoms. The van der Waals surface area contributed by atoms with E-state index >= 15 is 0 Å². The van der Waals surface area contributed by atoms with E-state index in [2.05, 4.69) is 222 Å². The number of aromatic nitrogens is 4. The second-order valence-corrected chi connectivity index (χ2v) is 18.8. The zero-order valence-electron chi connectivity index (χ0n) is 40.6. The van der Waals surface area contributed by atoms with E-state index in [9.17, 15) is 0 Å². The Bertz CT molecular complexity index is 4320. The largest absolute Gasteiger partial charge is 0.456 e. The molecule has 352 valence electrons. The van der Waals surface area contributed by atoms with Crippen molar-refractivity contribution in [3.63, 3.8) is 0 Å². The third-order valence-corrected chi connectivity index (χ3v) is 14.2. The van der Waals surface area contributed by atoms with Crippen molar-refractivity contribution in [2.24, 2.45) is 0 Å². The van der Waals surface area contributed by atoms with Gasteiger partial charge in [0.1, 0.15) is 11.2 Å². The van der Waals surface area contributed by atoms with E-state index < -0.39 is 0 Å². The summed E-state index contributed by atoms with van der Waals surface area (Å²) >= 11 is 0. The van der Waals surface area contributed by atoms with Crippen molar-refractivity contribution in [3.05, 3.63) is 273 Å². The normalized spacial score (nSPS) is 11.5. The summed E-state index contributed by atoms with van der Waals surface area (Å²) in [7, 11) is 0. The van der Waals surface area contributed by atoms with Crippen LogP contribution in [0.1, 0.15) is 0 Å². The summed E-state index contributed by atoms with van der Waals surface area (Å²) in [5, 5.41) is 4.59. The summed E-state index contributed by atoms with van der Waals surface area (Å²) in [6.45, 7) is 0. The molecule has 0 amide bonds. The fourth-order valence-electron chi connectivity index (χ4n) is 10.6. The van der Waals surface area contributed by atoms with Crippen molar-refractivity contribution in [2.45, 2.75) is 0 Å². The first-order valence-electron chi connectivity index (χ1n) is 25.2. The molecule has 14 aromatic rings. The summed E-state index contributed by atoms with van der Waals surface area (Å²) in [6, 6.07) is 96.0. The highest BCUT2D eigenvalue weighted by Crippen LogP contribution is 2.42. The van der Waals surface area contributed by atoms with Crippen LogP contribution in [0.2, 0.25) is 0 Å². The monoisotopic (exact) mass is 959 g/mol. The standard InChI is InChI=1S/C69H45N5O/c1-5-17-48(18-6-1)67-70-68(49-19-7-2-8-20-49)72-69(71-67)53-22-15-21-52(43-53)58-28-16-30-65-66(58)61-45-51(36-42-64(61)75-65)47-33-39-57(40-34-47)73(54-23-9-3-10-24-54)56-37-31-46(32-38-56)50-35-41-63-60(44-50)59-27-13-14-29-62(59)74(63)55-25-11-4-12-26-55/h1-45H. The number of rotatable bonds is 10. The van der Waals surface area contributed by atoms with E-state index in [0.29, 0.717) is 17.5 Å². The molecule has 0 atom stereocenters. The number of para-hydroxylation sites is 3. The van der Waals surface area contributed by atoms with Gasteiger partial charge in [-0.25, -0.2) is 15.0 Å². The van der Waals surface area contributed by atoms with Crippen LogP contribution in [-0.2, 0) is 0 Å². The Hall–Kier alpha value is -10.2. The number of nitrogens with zero attached hydrogens (tertiary/aromatic N) is 5. The van der Waals surface area contributed by atoms with E-state index in [1.54, 1.807) is 0 Å². The summed E-state index contributed by atoms with van der Waals surface area (Å²) in [4.78, 5) is 17.3. The van der Waals surface area contributed by atoms with E-state index in [0.717, 1.165) is 89.2 Å². The van der Waals surface area contributed by atoms with Crippen molar-refractivity contribution in [2.75, 3.05) is 4.90 Å². The predicted molar refractivity (Wildman–Crippen MR) is 309 cm³/mol. The summed E-state index contributed by atoms with van der Waals surface area (Å²) < 4.78 is 8.91. The maximum atomic E-state index is 6.55. The molecule has 14 rings (SSSR count). The Morgan fingerprint density at radius 3 is 1.43 bits per heavy atom. The van der Waals surface area contributed by atoms with Crippen molar-refractivity contribution < 1.29 is 4.42 Å². The molecule has 0 aliphatic carbocycles. The topological polar surface area (TPSA) is 60.0 Å². The van der Waals surface area contributed by atoms with Gasteiger partial charge in [-0.15, -0.1) is 0 Å². The molecular formula is C69H45N5O. The van der Waals surface area contributed by atoms with Gasteiger partial charge in [0.15, 0.2) is 17.5 Å². The van der Waals surface area contributed by atoms with Crippen LogP contribution in [-0.4, -0.2) is 19.5 Å². The molecule has 0 saturated heterocycles. The van der Waals surface area contributed by atoms with E-state index in [4.69, 9.17) is 19.4 Å². The lowest BCUT2D eigenvalue weighted by molar-refractivity contribution is 0.669. The second kappa shape index (κ2) is 18.5. The van der Waals surface area contributed by atoms with Crippen LogP contribution in [0.5, 0.6) is 0 Å². The van der Waals surface area contributed by atoms with E-state index in [1.807, 2.05) is 60.7 Å². The molecule has 0 bridgehead atoms. The Kier molecular flexibility index (Phi) is 10.7. The molecule has 0 radical (unpaired) electrons. The average molecular weight is 960 g/mol. The van der Waals surface area contributed by atoms with Gasteiger partial charge in [-0.2, -0.15) is 0 Å². The van der Waals surface area contributed by atoms with Gasteiger partial charge in [0, 0.05) is 61.0 Å². The first kappa shape index (κ1) is 43.6. The molecule has 3 heterocycles. The quantitative estimate of drug-likeness (QED) is 0.137.